The van der Waals surface area contributed by atoms with Crippen molar-refractivity contribution in [1.82, 2.24) is 9.88 Å². The van der Waals surface area contributed by atoms with Gasteiger partial charge in [0.25, 0.3) is 0 Å². The largest absolute Gasteiger partial charge is 0.465 e. The maximum atomic E-state index is 5.54. The van der Waals surface area contributed by atoms with Crippen LogP contribution in [0.25, 0.3) is 0 Å². The van der Waals surface area contributed by atoms with E-state index >= 15 is 0 Å². The fourth-order valence-corrected chi connectivity index (χ4v) is 1.73. The van der Waals surface area contributed by atoms with Crippen LogP contribution in [0.4, 0.5) is 5.82 Å². The smallest absolute Gasteiger partial charge is 0.123 e. The van der Waals surface area contributed by atoms with Gasteiger partial charge in [-0.25, -0.2) is 4.98 Å². The molecular formula is C13H17N3O. The standard InChI is InChI=1S/C13H17N3O/c1-10-3-5-12(17-10)9-16(2)8-11-4-6-13(14)15-7-11/h3-7H,8-9H2,1-2H3,(H2,14,15). The van der Waals surface area contributed by atoms with E-state index in [0.717, 1.165) is 30.2 Å². The molecular weight excluding hydrogens is 214 g/mol. The molecule has 0 saturated carbocycles. The molecule has 0 aliphatic rings. The van der Waals surface area contributed by atoms with Gasteiger partial charge >= 0.3 is 0 Å². The average molecular weight is 231 g/mol. The Bertz CT molecular complexity index is 476. The van der Waals surface area contributed by atoms with Crippen molar-refractivity contribution in [3.8, 4) is 0 Å². The van der Waals surface area contributed by atoms with Crippen LogP contribution in [0.1, 0.15) is 17.1 Å². The number of anilines is 1. The quantitative estimate of drug-likeness (QED) is 0.876. The number of hydrogen-bond donors (Lipinski definition) is 1. The topological polar surface area (TPSA) is 55.3 Å². The summed E-state index contributed by atoms with van der Waals surface area (Å²) in [5, 5.41) is 0. The van der Waals surface area contributed by atoms with Crippen LogP contribution in [-0.4, -0.2) is 16.9 Å². The zero-order valence-electron chi connectivity index (χ0n) is 10.2. The van der Waals surface area contributed by atoms with Gasteiger partial charge < -0.3 is 10.2 Å². The summed E-state index contributed by atoms with van der Waals surface area (Å²) in [4.78, 5) is 6.24. The minimum absolute atomic E-state index is 0.554. The van der Waals surface area contributed by atoms with Crippen LogP contribution in [0.15, 0.2) is 34.9 Å². The van der Waals surface area contributed by atoms with Crippen molar-refractivity contribution in [2.45, 2.75) is 20.0 Å². The molecule has 2 aromatic rings. The van der Waals surface area contributed by atoms with Crippen molar-refractivity contribution in [3.05, 3.63) is 47.5 Å². The molecule has 90 valence electrons. The molecule has 0 aliphatic carbocycles. The van der Waals surface area contributed by atoms with Crippen molar-refractivity contribution >= 4 is 5.82 Å². The highest BCUT2D eigenvalue weighted by Crippen LogP contribution is 2.11. The average Bonchev–Trinajstić information content (AvgIpc) is 2.67. The van der Waals surface area contributed by atoms with E-state index in [2.05, 4.69) is 9.88 Å². The van der Waals surface area contributed by atoms with E-state index in [-0.39, 0.29) is 0 Å². The number of aromatic nitrogens is 1. The summed E-state index contributed by atoms with van der Waals surface area (Å²) in [5.41, 5.74) is 6.69. The van der Waals surface area contributed by atoms with Gasteiger partial charge in [0.2, 0.25) is 0 Å². The summed E-state index contributed by atoms with van der Waals surface area (Å²) in [6.45, 7) is 3.57. The van der Waals surface area contributed by atoms with Gasteiger partial charge in [0, 0.05) is 12.7 Å². The molecule has 2 heterocycles. The minimum Gasteiger partial charge on any atom is -0.465 e. The highest BCUT2D eigenvalue weighted by atomic mass is 16.3. The van der Waals surface area contributed by atoms with Gasteiger partial charge in [0.1, 0.15) is 17.3 Å². The molecule has 0 spiro atoms. The lowest BCUT2D eigenvalue weighted by molar-refractivity contribution is 0.285. The van der Waals surface area contributed by atoms with Crippen LogP contribution in [-0.2, 0) is 13.1 Å². The minimum atomic E-state index is 0.554. The third kappa shape index (κ3) is 3.32. The molecule has 0 atom stereocenters. The fraction of sp³-hybridized carbons (Fsp3) is 0.308. The second kappa shape index (κ2) is 5.01. The van der Waals surface area contributed by atoms with E-state index in [1.54, 1.807) is 6.20 Å². The molecule has 0 aliphatic heterocycles. The lowest BCUT2D eigenvalue weighted by atomic mass is 10.2. The van der Waals surface area contributed by atoms with E-state index < -0.39 is 0 Å². The molecule has 0 fully saturated rings. The first-order valence-corrected chi connectivity index (χ1v) is 5.58. The van der Waals surface area contributed by atoms with Gasteiger partial charge in [0.15, 0.2) is 0 Å². The maximum absolute atomic E-state index is 5.54. The molecule has 0 amide bonds. The number of nitrogen functional groups attached to an aromatic ring is 1. The number of nitrogens with zero attached hydrogens (tertiary/aromatic N) is 2. The third-order valence-electron chi connectivity index (χ3n) is 2.52. The van der Waals surface area contributed by atoms with E-state index in [4.69, 9.17) is 10.2 Å². The van der Waals surface area contributed by atoms with Gasteiger partial charge in [-0.3, -0.25) is 4.90 Å². The summed E-state index contributed by atoms with van der Waals surface area (Å²) in [7, 11) is 2.05. The Hall–Kier alpha value is -1.81. The summed E-state index contributed by atoms with van der Waals surface area (Å²) in [6.07, 6.45) is 1.80. The monoisotopic (exact) mass is 231 g/mol. The number of aryl methyl sites for hydroxylation is 1. The highest BCUT2D eigenvalue weighted by molar-refractivity contribution is 5.29. The molecule has 0 aromatic carbocycles. The van der Waals surface area contributed by atoms with E-state index in [1.807, 2.05) is 38.2 Å². The third-order valence-corrected chi connectivity index (χ3v) is 2.52. The molecule has 0 unspecified atom stereocenters. The Balaban J connectivity index is 1.93. The molecule has 17 heavy (non-hydrogen) atoms. The molecule has 2 aromatic heterocycles. The number of rotatable bonds is 4. The molecule has 0 saturated heterocycles. The van der Waals surface area contributed by atoms with Crippen molar-refractivity contribution in [3.63, 3.8) is 0 Å². The van der Waals surface area contributed by atoms with Crippen LogP contribution in [0.3, 0.4) is 0 Å². The van der Waals surface area contributed by atoms with E-state index in [1.165, 1.54) is 0 Å². The van der Waals surface area contributed by atoms with E-state index in [9.17, 15) is 0 Å². The lowest BCUT2D eigenvalue weighted by Crippen LogP contribution is -2.17. The number of nitrogens with two attached hydrogens (primary N) is 1. The Morgan fingerprint density at radius 2 is 2.06 bits per heavy atom. The number of hydrogen-bond acceptors (Lipinski definition) is 4. The van der Waals surface area contributed by atoms with Crippen molar-refractivity contribution in [2.24, 2.45) is 0 Å². The second-order valence-electron chi connectivity index (χ2n) is 4.28. The normalized spacial score (nSPS) is 11.0. The van der Waals surface area contributed by atoms with Gasteiger partial charge in [-0.15, -0.1) is 0 Å². The predicted molar refractivity (Wildman–Crippen MR) is 67.3 cm³/mol. The number of pyridine rings is 1. The van der Waals surface area contributed by atoms with E-state index in [0.29, 0.717) is 5.82 Å². The van der Waals surface area contributed by atoms with Crippen molar-refractivity contribution in [1.29, 1.82) is 0 Å². The summed E-state index contributed by atoms with van der Waals surface area (Å²) < 4.78 is 5.53. The zero-order valence-corrected chi connectivity index (χ0v) is 10.2. The number of furan rings is 1. The SMILES string of the molecule is Cc1ccc(CN(C)Cc2ccc(N)nc2)o1. The summed E-state index contributed by atoms with van der Waals surface area (Å²) >= 11 is 0. The maximum Gasteiger partial charge on any atom is 0.123 e. The molecule has 4 nitrogen and oxygen atoms in total. The van der Waals surface area contributed by atoms with Crippen LogP contribution in [0, 0.1) is 6.92 Å². The zero-order chi connectivity index (χ0) is 12.3. The first-order valence-electron chi connectivity index (χ1n) is 5.58. The van der Waals surface area contributed by atoms with Gasteiger partial charge in [-0.05, 0) is 37.7 Å². The lowest BCUT2D eigenvalue weighted by Gasteiger charge is -2.14. The summed E-state index contributed by atoms with van der Waals surface area (Å²) in [5.74, 6) is 2.48. The van der Waals surface area contributed by atoms with Crippen molar-refractivity contribution in [2.75, 3.05) is 12.8 Å². The fourth-order valence-electron chi connectivity index (χ4n) is 1.73. The Morgan fingerprint density at radius 1 is 1.24 bits per heavy atom. The first-order chi connectivity index (χ1) is 8.13. The molecule has 0 bridgehead atoms. The second-order valence-corrected chi connectivity index (χ2v) is 4.28. The highest BCUT2D eigenvalue weighted by Gasteiger charge is 2.05. The van der Waals surface area contributed by atoms with Crippen LogP contribution in [0.2, 0.25) is 0 Å². The van der Waals surface area contributed by atoms with Crippen molar-refractivity contribution < 1.29 is 4.42 Å². The van der Waals surface area contributed by atoms with Gasteiger partial charge in [-0.2, -0.15) is 0 Å². The Kier molecular flexibility index (Phi) is 3.44. The molecule has 2 N–H and O–H groups in total. The van der Waals surface area contributed by atoms with Gasteiger partial charge in [0.05, 0.1) is 6.54 Å². The Morgan fingerprint density at radius 3 is 2.65 bits per heavy atom. The molecule has 0 radical (unpaired) electrons. The van der Waals surface area contributed by atoms with Crippen LogP contribution < -0.4 is 5.73 Å². The first kappa shape index (κ1) is 11.7. The van der Waals surface area contributed by atoms with Gasteiger partial charge in [-0.1, -0.05) is 6.07 Å². The predicted octanol–water partition coefficient (Wildman–Crippen LogP) is 2.20. The van der Waals surface area contributed by atoms with Crippen LogP contribution in [0.5, 0.6) is 0 Å². The Labute approximate surface area is 101 Å². The summed E-state index contributed by atoms with van der Waals surface area (Å²) in [6, 6.07) is 7.80. The van der Waals surface area contributed by atoms with Crippen LogP contribution >= 0.6 is 0 Å². The molecule has 2 rings (SSSR count). The molecule has 4 heteroatoms.